The molecule has 0 radical (unpaired) electrons. The lowest BCUT2D eigenvalue weighted by Gasteiger charge is -2.09. The number of anilines is 2. The van der Waals surface area contributed by atoms with Gasteiger partial charge in [-0.05, 0) is 30.3 Å². The van der Waals surface area contributed by atoms with E-state index >= 15 is 0 Å². The SMILES string of the molecule is O=C(Nc1cc(Cl)ccc1O)C(=O)Nc1ccccc1Cl. The number of rotatable bonds is 2. The second kappa shape index (κ2) is 6.47. The van der Waals surface area contributed by atoms with E-state index in [1.807, 2.05) is 0 Å². The zero-order chi connectivity index (χ0) is 15.4. The Kier molecular flexibility index (Phi) is 4.67. The van der Waals surface area contributed by atoms with E-state index in [0.29, 0.717) is 15.7 Å². The fourth-order valence-corrected chi connectivity index (χ4v) is 1.88. The van der Waals surface area contributed by atoms with Crippen molar-refractivity contribution in [3.8, 4) is 5.75 Å². The Balaban J connectivity index is 2.08. The number of aromatic hydroxyl groups is 1. The van der Waals surface area contributed by atoms with Crippen LogP contribution in [0.25, 0.3) is 0 Å². The first-order chi connectivity index (χ1) is 9.97. The minimum absolute atomic E-state index is 0.0433. The van der Waals surface area contributed by atoms with Crippen molar-refractivity contribution >= 4 is 46.4 Å². The van der Waals surface area contributed by atoms with Gasteiger partial charge in [0.25, 0.3) is 0 Å². The van der Waals surface area contributed by atoms with Crippen LogP contribution < -0.4 is 10.6 Å². The van der Waals surface area contributed by atoms with E-state index in [4.69, 9.17) is 23.2 Å². The number of nitrogens with one attached hydrogen (secondary N) is 2. The summed E-state index contributed by atoms with van der Waals surface area (Å²) in [4.78, 5) is 23.5. The summed E-state index contributed by atoms with van der Waals surface area (Å²) in [5.74, 6) is -2.06. The summed E-state index contributed by atoms with van der Waals surface area (Å²) in [6.45, 7) is 0. The molecule has 0 atom stereocenters. The van der Waals surface area contributed by atoms with E-state index in [0.717, 1.165) is 0 Å². The minimum Gasteiger partial charge on any atom is -0.506 e. The minimum atomic E-state index is -0.951. The van der Waals surface area contributed by atoms with Crippen LogP contribution in [-0.2, 0) is 9.59 Å². The number of para-hydroxylation sites is 1. The molecule has 21 heavy (non-hydrogen) atoms. The van der Waals surface area contributed by atoms with Crippen molar-refractivity contribution in [1.29, 1.82) is 0 Å². The van der Waals surface area contributed by atoms with E-state index in [1.165, 1.54) is 18.2 Å². The molecule has 0 saturated carbocycles. The summed E-state index contributed by atoms with van der Waals surface area (Å²) < 4.78 is 0. The molecule has 0 bridgehead atoms. The second-order valence-corrected chi connectivity index (χ2v) is 4.89. The zero-order valence-corrected chi connectivity index (χ0v) is 12.1. The third kappa shape index (κ3) is 3.87. The summed E-state index contributed by atoms with van der Waals surface area (Å²) in [5.41, 5.74) is 0.358. The molecule has 0 saturated heterocycles. The molecule has 2 aromatic carbocycles. The first kappa shape index (κ1) is 15.2. The van der Waals surface area contributed by atoms with Gasteiger partial charge in [0, 0.05) is 5.02 Å². The highest BCUT2D eigenvalue weighted by Crippen LogP contribution is 2.26. The summed E-state index contributed by atoms with van der Waals surface area (Å²) in [5, 5.41) is 14.8. The first-order valence-electron chi connectivity index (χ1n) is 5.83. The predicted octanol–water partition coefficient (Wildman–Crippen LogP) is 3.28. The number of halogens is 2. The van der Waals surface area contributed by atoms with Gasteiger partial charge in [0.15, 0.2) is 0 Å². The molecular formula is C14H10Cl2N2O3. The van der Waals surface area contributed by atoms with Crippen LogP contribution in [0.2, 0.25) is 10.0 Å². The molecule has 2 amide bonds. The topological polar surface area (TPSA) is 78.4 Å². The molecule has 0 fully saturated rings. The van der Waals surface area contributed by atoms with E-state index in [2.05, 4.69) is 10.6 Å². The van der Waals surface area contributed by atoms with Gasteiger partial charge in [0.05, 0.1) is 16.4 Å². The number of hydrogen-bond acceptors (Lipinski definition) is 3. The van der Waals surface area contributed by atoms with Gasteiger partial charge in [-0.25, -0.2) is 0 Å². The highest BCUT2D eigenvalue weighted by atomic mass is 35.5. The lowest BCUT2D eigenvalue weighted by molar-refractivity contribution is -0.133. The molecule has 108 valence electrons. The second-order valence-electron chi connectivity index (χ2n) is 4.05. The lowest BCUT2D eigenvalue weighted by atomic mass is 10.3. The van der Waals surface area contributed by atoms with E-state index < -0.39 is 11.8 Å². The Bertz CT molecular complexity index is 704. The highest BCUT2D eigenvalue weighted by molar-refractivity contribution is 6.45. The highest BCUT2D eigenvalue weighted by Gasteiger charge is 2.16. The number of phenols is 1. The van der Waals surface area contributed by atoms with Crippen molar-refractivity contribution in [2.45, 2.75) is 0 Å². The average Bonchev–Trinajstić information content (AvgIpc) is 2.45. The Morgan fingerprint density at radius 2 is 1.52 bits per heavy atom. The number of amides is 2. The van der Waals surface area contributed by atoms with Crippen molar-refractivity contribution < 1.29 is 14.7 Å². The van der Waals surface area contributed by atoms with E-state index in [-0.39, 0.29) is 11.4 Å². The Morgan fingerprint density at radius 1 is 0.905 bits per heavy atom. The Morgan fingerprint density at radius 3 is 2.19 bits per heavy atom. The molecule has 7 heteroatoms. The van der Waals surface area contributed by atoms with E-state index in [9.17, 15) is 14.7 Å². The monoisotopic (exact) mass is 324 g/mol. The predicted molar refractivity (Wildman–Crippen MR) is 81.8 cm³/mol. The zero-order valence-electron chi connectivity index (χ0n) is 10.6. The lowest BCUT2D eigenvalue weighted by Crippen LogP contribution is -2.29. The third-order valence-corrected chi connectivity index (χ3v) is 3.10. The van der Waals surface area contributed by atoms with Crippen molar-refractivity contribution in [2.24, 2.45) is 0 Å². The molecule has 0 spiro atoms. The van der Waals surface area contributed by atoms with Crippen LogP contribution in [0.15, 0.2) is 42.5 Å². The molecule has 0 aliphatic rings. The van der Waals surface area contributed by atoms with Gasteiger partial charge >= 0.3 is 11.8 Å². The Labute approximate surface area is 130 Å². The van der Waals surface area contributed by atoms with Crippen LogP contribution in [0, 0.1) is 0 Å². The van der Waals surface area contributed by atoms with Crippen LogP contribution in [0.4, 0.5) is 11.4 Å². The van der Waals surface area contributed by atoms with Crippen LogP contribution >= 0.6 is 23.2 Å². The summed E-state index contributed by atoms with van der Waals surface area (Å²) >= 11 is 11.6. The van der Waals surface area contributed by atoms with Crippen LogP contribution in [0.3, 0.4) is 0 Å². The number of hydrogen-bond donors (Lipinski definition) is 3. The van der Waals surface area contributed by atoms with Gasteiger partial charge in [0.2, 0.25) is 0 Å². The van der Waals surface area contributed by atoms with Crippen molar-refractivity contribution in [1.82, 2.24) is 0 Å². The first-order valence-corrected chi connectivity index (χ1v) is 6.58. The van der Waals surface area contributed by atoms with Gasteiger partial charge < -0.3 is 15.7 Å². The van der Waals surface area contributed by atoms with Gasteiger partial charge in [-0.1, -0.05) is 35.3 Å². The maximum Gasteiger partial charge on any atom is 0.314 e. The Hall–Kier alpha value is -2.24. The number of carbonyl (C=O) groups excluding carboxylic acids is 2. The normalized spacial score (nSPS) is 10.0. The smallest absolute Gasteiger partial charge is 0.314 e. The molecule has 2 aromatic rings. The molecule has 5 nitrogen and oxygen atoms in total. The van der Waals surface area contributed by atoms with Gasteiger partial charge in [0.1, 0.15) is 5.75 Å². The molecular weight excluding hydrogens is 315 g/mol. The number of benzene rings is 2. The largest absolute Gasteiger partial charge is 0.506 e. The molecule has 2 rings (SSSR count). The average molecular weight is 325 g/mol. The molecule has 0 heterocycles. The summed E-state index contributed by atoms with van der Waals surface area (Å²) in [6, 6.07) is 10.6. The summed E-state index contributed by atoms with van der Waals surface area (Å²) in [7, 11) is 0. The third-order valence-electron chi connectivity index (χ3n) is 2.54. The van der Waals surface area contributed by atoms with Crippen LogP contribution in [-0.4, -0.2) is 16.9 Å². The number of carbonyl (C=O) groups is 2. The maximum atomic E-state index is 11.8. The van der Waals surface area contributed by atoms with Crippen LogP contribution in [0.5, 0.6) is 5.75 Å². The van der Waals surface area contributed by atoms with Crippen molar-refractivity contribution in [3.63, 3.8) is 0 Å². The van der Waals surface area contributed by atoms with Gasteiger partial charge in [-0.3, -0.25) is 9.59 Å². The van der Waals surface area contributed by atoms with Crippen LogP contribution in [0.1, 0.15) is 0 Å². The quantitative estimate of drug-likeness (QED) is 0.586. The molecule has 0 aliphatic heterocycles. The fraction of sp³-hybridized carbons (Fsp3) is 0. The molecule has 0 aliphatic carbocycles. The van der Waals surface area contributed by atoms with Crippen molar-refractivity contribution in [3.05, 3.63) is 52.5 Å². The molecule has 3 N–H and O–H groups in total. The number of phenolic OH excluding ortho intramolecular Hbond substituents is 1. The molecule has 0 aromatic heterocycles. The fourth-order valence-electron chi connectivity index (χ4n) is 1.53. The van der Waals surface area contributed by atoms with Gasteiger partial charge in [-0.15, -0.1) is 0 Å². The van der Waals surface area contributed by atoms with E-state index in [1.54, 1.807) is 24.3 Å². The summed E-state index contributed by atoms with van der Waals surface area (Å²) in [6.07, 6.45) is 0. The molecule has 0 unspecified atom stereocenters. The standard InChI is InChI=1S/C14H10Cl2N2O3/c15-8-5-6-12(19)11(7-8)18-14(21)13(20)17-10-4-2-1-3-9(10)16/h1-7,19H,(H,17,20)(H,18,21). The van der Waals surface area contributed by atoms with Crippen molar-refractivity contribution in [2.75, 3.05) is 10.6 Å². The van der Waals surface area contributed by atoms with Gasteiger partial charge in [-0.2, -0.15) is 0 Å². The maximum absolute atomic E-state index is 11.8.